The minimum absolute atomic E-state index is 0.00974. The fourth-order valence-electron chi connectivity index (χ4n) is 12.2. The Morgan fingerprint density at radius 3 is 2.20 bits per heavy atom. The second-order valence-corrected chi connectivity index (χ2v) is 25.5. The van der Waals surface area contributed by atoms with Crippen LogP contribution in [0.2, 0.25) is 0 Å². The molecular weight excluding hydrogens is 1190 g/mol. The van der Waals surface area contributed by atoms with Gasteiger partial charge in [0.25, 0.3) is 11.8 Å². The van der Waals surface area contributed by atoms with Gasteiger partial charge in [-0.25, -0.2) is 15.0 Å². The summed E-state index contributed by atoms with van der Waals surface area (Å²) in [7, 11) is 0. The lowest BCUT2D eigenvalue weighted by molar-refractivity contribution is -0.480. The Balaban J connectivity index is 1.14. The Morgan fingerprint density at radius 2 is 1.53 bits per heavy atom. The van der Waals surface area contributed by atoms with Crippen LogP contribution in [0.5, 0.6) is 5.75 Å². The number of hydrogen-bond acceptors (Lipinski definition) is 15. The molecule has 7 rings (SSSR count). The monoisotopic (exact) mass is 1280 g/mol. The number of ketones is 1. The lowest BCUT2D eigenvalue weighted by Gasteiger charge is -2.35. The number of aliphatic hydroxyl groups is 1. The first kappa shape index (κ1) is 70.4. The van der Waals surface area contributed by atoms with Crippen LogP contribution in [0.25, 0.3) is 10.9 Å². The SMILES string of the molecule is CC(=O)NCCCC(C(=O)N1CCCC1C(=O)NNC(N)=O)[N+]1=CC(C)CC(NC(=O)C(COC(C)(C)C)NC(=O)C(Cc2ccc(O)cc2)NC(=O)C(CO)NC(=O)C(Cc2c[nH]c3ccccc23)C2C/C(=C\C(C)C)CC(NC(=O)C3CCC(=O)N3)C2=O)C1=O. The molecule has 4 heterocycles. The number of nitrogens with one attached hydrogen (secondary N) is 10. The molecule has 1 saturated carbocycles. The molecule has 2 saturated heterocycles. The van der Waals surface area contributed by atoms with Gasteiger partial charge in [0.15, 0.2) is 18.0 Å². The molecule has 11 atom stereocenters. The van der Waals surface area contributed by atoms with Crippen LogP contribution in [0.15, 0.2) is 66.4 Å². The first-order valence-electron chi connectivity index (χ1n) is 31.3. The average Bonchev–Trinajstić information content (AvgIpc) is 1.26. The summed E-state index contributed by atoms with van der Waals surface area (Å²) < 4.78 is 7.28. The number of amides is 12. The number of carbonyl (C=O) groups is 12. The van der Waals surface area contributed by atoms with Crippen LogP contribution in [0.3, 0.4) is 0 Å². The third-order valence-electron chi connectivity index (χ3n) is 16.6. The van der Waals surface area contributed by atoms with Crippen molar-refractivity contribution in [3.8, 4) is 5.75 Å². The number of phenols is 1. The molecule has 28 heteroatoms. The van der Waals surface area contributed by atoms with Gasteiger partial charge >= 0.3 is 11.9 Å². The number of Topliss-reactive ketones (excluding diaryl/α,β-unsaturated/α-hetero) is 1. The standard InChI is InChI=1S/C64H87N13O15/c1-34(2)24-38-26-42(54(82)46(28-38)69-56(84)45-20-21-53(81)68-45)43(29-39-30-67-44-13-9-8-12-41(39)44)55(83)72-49(32-78)58(86)70-47(27-37-16-18-40(80)19-17-37)57(85)73-50(33-92-64(5,6)7)59(87)71-48-25-35(3)31-77(61(48)89)52(14-10-22-66-36(4)79)62(90)76-23-11-15-51(76)60(88)74-75-63(65)91/h8-9,12-13,16-19,24,30-31,34-35,42-43,45-52,67,78H,10-11,14-15,20-23,25-29,32-33H2,1-7H3,(H11-,65,66,68,69,70,71,72,73,74,75,79,80,81,83,84,85,86,87,88,91)/p+1/b38-24+. The summed E-state index contributed by atoms with van der Waals surface area (Å²) in [5.41, 5.74) is 11.1. The highest BCUT2D eigenvalue weighted by atomic mass is 16.5. The second-order valence-electron chi connectivity index (χ2n) is 25.5. The van der Waals surface area contributed by atoms with E-state index in [1.165, 1.54) is 40.7 Å². The number of rotatable bonds is 26. The van der Waals surface area contributed by atoms with Crippen LogP contribution < -0.4 is 53.8 Å². The van der Waals surface area contributed by atoms with Gasteiger partial charge in [-0.2, -0.15) is 4.58 Å². The number of urea groups is 1. The van der Waals surface area contributed by atoms with E-state index in [4.69, 9.17) is 10.5 Å². The van der Waals surface area contributed by atoms with Gasteiger partial charge in [0.05, 0.1) is 30.8 Å². The smallest absolute Gasteiger partial charge is 0.409 e. The molecule has 3 aliphatic heterocycles. The van der Waals surface area contributed by atoms with E-state index in [-0.39, 0.29) is 101 Å². The van der Waals surface area contributed by atoms with Crippen molar-refractivity contribution in [3.05, 3.63) is 77.5 Å². The zero-order valence-corrected chi connectivity index (χ0v) is 53.1. The zero-order valence-electron chi connectivity index (χ0n) is 53.1. The number of aromatic hydroxyl groups is 1. The number of para-hydroxylation sites is 1. The molecule has 28 nitrogen and oxygen atoms in total. The second kappa shape index (κ2) is 31.8. The van der Waals surface area contributed by atoms with Crippen LogP contribution in [-0.2, 0) is 70.3 Å². The summed E-state index contributed by atoms with van der Waals surface area (Å²) in [5, 5.41) is 40.8. The molecule has 12 amide bonds. The highest BCUT2D eigenvalue weighted by Crippen LogP contribution is 2.36. The van der Waals surface area contributed by atoms with E-state index in [9.17, 15) is 63.0 Å². The van der Waals surface area contributed by atoms with Crippen LogP contribution in [0.1, 0.15) is 117 Å². The Hall–Kier alpha value is -9.05. The quantitative estimate of drug-likeness (QED) is 0.0217. The van der Waals surface area contributed by atoms with Gasteiger partial charge in [0.1, 0.15) is 36.0 Å². The van der Waals surface area contributed by atoms with Crippen molar-refractivity contribution in [1.82, 2.24) is 58.0 Å². The number of aromatic amines is 1. The number of allylic oxidation sites excluding steroid dienone is 1. The lowest BCUT2D eigenvalue weighted by atomic mass is 9.71. The van der Waals surface area contributed by atoms with E-state index < -0.39 is 144 Å². The van der Waals surface area contributed by atoms with Crippen molar-refractivity contribution in [3.63, 3.8) is 0 Å². The molecule has 11 unspecified atom stereocenters. The highest BCUT2D eigenvalue weighted by molar-refractivity contribution is 6.00. The molecule has 0 spiro atoms. The van der Waals surface area contributed by atoms with E-state index in [1.54, 1.807) is 40.1 Å². The van der Waals surface area contributed by atoms with Crippen molar-refractivity contribution < 1.29 is 77.1 Å². The molecule has 0 radical (unpaired) electrons. The first-order valence-corrected chi connectivity index (χ1v) is 31.3. The highest BCUT2D eigenvalue weighted by Gasteiger charge is 2.49. The fraction of sp³-hybridized carbons (Fsp3) is 0.547. The first-order chi connectivity index (χ1) is 43.6. The van der Waals surface area contributed by atoms with E-state index >= 15 is 4.79 Å². The summed E-state index contributed by atoms with van der Waals surface area (Å²) in [6.07, 6.45) is 6.52. The van der Waals surface area contributed by atoms with Crippen molar-refractivity contribution in [2.24, 2.45) is 29.4 Å². The molecule has 1 aromatic heterocycles. The largest absolute Gasteiger partial charge is 0.508 e. The molecule has 0 bridgehead atoms. The number of nitrogens with two attached hydrogens (primary N) is 1. The third kappa shape index (κ3) is 19.3. The van der Waals surface area contributed by atoms with Crippen LogP contribution in [0.4, 0.5) is 4.79 Å². The number of nitrogens with zero attached hydrogens (tertiary/aromatic N) is 2. The number of aliphatic hydroxyl groups excluding tert-OH is 1. The topological polar surface area (TPSA) is 411 Å². The molecule has 3 fully saturated rings. The van der Waals surface area contributed by atoms with Gasteiger partial charge in [-0.15, -0.1) is 0 Å². The fourth-order valence-corrected chi connectivity index (χ4v) is 12.2. The van der Waals surface area contributed by atoms with Gasteiger partial charge in [0, 0.05) is 68.2 Å². The van der Waals surface area contributed by atoms with Crippen LogP contribution >= 0.6 is 0 Å². The van der Waals surface area contributed by atoms with E-state index in [1.807, 2.05) is 49.6 Å². The van der Waals surface area contributed by atoms with Crippen molar-refractivity contribution >= 4 is 88.0 Å². The molecule has 1 aliphatic carbocycles. The van der Waals surface area contributed by atoms with Crippen molar-refractivity contribution in [1.29, 1.82) is 0 Å². The Morgan fingerprint density at radius 1 is 0.837 bits per heavy atom. The molecule has 2 aromatic carbocycles. The normalized spacial score (nSPS) is 22.1. The van der Waals surface area contributed by atoms with Crippen LogP contribution in [0, 0.1) is 23.7 Å². The van der Waals surface area contributed by atoms with Gasteiger partial charge in [0.2, 0.25) is 47.4 Å². The maximum absolute atomic E-state index is 15.1. The number of benzene rings is 2. The molecule has 92 heavy (non-hydrogen) atoms. The van der Waals surface area contributed by atoms with Gasteiger partial charge < -0.3 is 67.8 Å². The maximum atomic E-state index is 15.1. The molecular formula is C64H88N13O15+. The summed E-state index contributed by atoms with van der Waals surface area (Å²) in [4.78, 5) is 170. The number of ether oxygens (including phenoxy) is 1. The van der Waals surface area contributed by atoms with Gasteiger partial charge in [-0.1, -0.05) is 62.8 Å². The van der Waals surface area contributed by atoms with Crippen molar-refractivity contribution in [2.45, 2.75) is 173 Å². The summed E-state index contributed by atoms with van der Waals surface area (Å²) in [6.45, 7) is 10.9. The number of fused-ring (bicyclic) bond motifs is 1. The molecule has 498 valence electrons. The average molecular weight is 1280 g/mol. The van der Waals surface area contributed by atoms with E-state index in [0.717, 1.165) is 16.5 Å². The van der Waals surface area contributed by atoms with Gasteiger partial charge in [-0.05, 0) is 107 Å². The zero-order chi connectivity index (χ0) is 67.1. The maximum Gasteiger partial charge on any atom is 0.409 e. The number of likely N-dealkylation sites (tertiary alicyclic amines) is 1. The van der Waals surface area contributed by atoms with E-state index in [2.05, 4.69) is 47.6 Å². The Labute approximate surface area is 533 Å². The Bertz CT molecular complexity index is 3320. The summed E-state index contributed by atoms with van der Waals surface area (Å²) in [5.74, 6) is -10.1. The van der Waals surface area contributed by atoms with Crippen molar-refractivity contribution in [2.75, 3.05) is 26.3 Å². The summed E-state index contributed by atoms with van der Waals surface area (Å²) in [6, 6.07) is 1.64. The predicted molar refractivity (Wildman–Crippen MR) is 334 cm³/mol. The lowest BCUT2D eigenvalue weighted by Crippen LogP contribution is -2.62. The molecule has 14 N–H and O–H groups in total. The summed E-state index contributed by atoms with van der Waals surface area (Å²) >= 11 is 0. The van der Waals surface area contributed by atoms with Gasteiger partial charge in [-0.3, -0.25) is 53.4 Å². The predicted octanol–water partition coefficient (Wildman–Crippen LogP) is -0.0285. The number of primary amides is 1. The number of aromatic nitrogens is 1. The molecule has 3 aromatic rings. The number of carbonyl (C=O) groups excluding carboxylic acids is 12. The minimum Gasteiger partial charge on any atom is -0.508 e. The van der Waals surface area contributed by atoms with E-state index in [0.29, 0.717) is 17.5 Å². The number of hydrogen-bond donors (Lipinski definition) is 13. The number of hydrazine groups is 1. The minimum atomic E-state index is -1.75. The Kier molecular flexibility index (Phi) is 24.3. The number of phenolic OH excluding ortho intramolecular Hbond substituents is 1. The third-order valence-corrected chi connectivity index (χ3v) is 16.6. The molecule has 4 aliphatic rings. The van der Waals surface area contributed by atoms with Crippen LogP contribution in [-0.4, -0.2) is 182 Å². The number of H-pyrrole nitrogens is 1.